The molecule has 1 fully saturated rings. The minimum atomic E-state index is -0.738. The summed E-state index contributed by atoms with van der Waals surface area (Å²) in [6.07, 6.45) is 3.94. The molecule has 0 amide bonds. The first kappa shape index (κ1) is 8.03. The number of nitrogens with one attached hydrogen (secondary N) is 1. The van der Waals surface area contributed by atoms with Crippen molar-refractivity contribution in [2.75, 3.05) is 0 Å². The van der Waals surface area contributed by atoms with E-state index in [0.29, 0.717) is 12.3 Å². The molecule has 1 saturated carbocycles. The van der Waals surface area contributed by atoms with Crippen LogP contribution >= 0.6 is 0 Å². The van der Waals surface area contributed by atoms with E-state index >= 15 is 0 Å². The molecule has 1 atom stereocenters. The number of aryl methyl sites for hydroxylation is 1. The van der Waals surface area contributed by atoms with Gasteiger partial charge in [-0.15, -0.1) is 0 Å². The fraction of sp³-hybridized carbons (Fsp3) is 0.600. The van der Waals surface area contributed by atoms with Crippen molar-refractivity contribution in [2.24, 2.45) is 0 Å². The van der Waals surface area contributed by atoms with Gasteiger partial charge in [0.15, 0.2) is 0 Å². The molecule has 1 aromatic rings. The number of hydrogen-bond donors (Lipinski definition) is 2. The number of fused-ring (bicyclic) bond motifs is 1. The SMILES string of the molecule is O=C(O)C1CCc2[nH]c(C3CC3)nc21. The molecule has 1 heterocycles. The molecule has 2 aliphatic carbocycles. The quantitative estimate of drug-likeness (QED) is 0.744. The summed E-state index contributed by atoms with van der Waals surface area (Å²) in [5.74, 6) is 0.488. The second-order valence-corrected chi connectivity index (χ2v) is 4.19. The zero-order valence-electron chi connectivity index (χ0n) is 7.79. The summed E-state index contributed by atoms with van der Waals surface area (Å²) in [7, 11) is 0. The molecule has 2 aliphatic rings. The van der Waals surface area contributed by atoms with Crippen LogP contribution in [-0.4, -0.2) is 21.0 Å². The number of aromatic nitrogens is 2. The Morgan fingerprint density at radius 3 is 2.86 bits per heavy atom. The summed E-state index contributed by atoms with van der Waals surface area (Å²) in [6, 6.07) is 0. The summed E-state index contributed by atoms with van der Waals surface area (Å²) >= 11 is 0. The number of rotatable bonds is 2. The van der Waals surface area contributed by atoms with E-state index in [0.717, 1.165) is 23.6 Å². The van der Waals surface area contributed by atoms with Crippen LogP contribution in [0.5, 0.6) is 0 Å². The second kappa shape index (κ2) is 2.59. The van der Waals surface area contributed by atoms with Crippen LogP contribution in [0.2, 0.25) is 0 Å². The summed E-state index contributed by atoms with van der Waals surface area (Å²) in [4.78, 5) is 18.6. The van der Waals surface area contributed by atoms with Gasteiger partial charge in [0.25, 0.3) is 0 Å². The largest absolute Gasteiger partial charge is 0.481 e. The highest BCUT2D eigenvalue weighted by molar-refractivity contribution is 5.76. The van der Waals surface area contributed by atoms with Crippen LogP contribution in [0.3, 0.4) is 0 Å². The van der Waals surface area contributed by atoms with Crippen LogP contribution in [0.15, 0.2) is 0 Å². The number of carboxylic acids is 1. The summed E-state index contributed by atoms with van der Waals surface area (Å²) in [5, 5.41) is 8.97. The first-order valence-electron chi connectivity index (χ1n) is 5.07. The molecule has 74 valence electrons. The van der Waals surface area contributed by atoms with Gasteiger partial charge in [-0.05, 0) is 25.7 Å². The number of carboxylic acid groups (broad SMARTS) is 1. The number of nitrogens with zero attached hydrogens (tertiary/aromatic N) is 1. The average molecular weight is 192 g/mol. The highest BCUT2D eigenvalue weighted by Gasteiger charge is 2.35. The van der Waals surface area contributed by atoms with Crippen LogP contribution in [0.1, 0.15) is 48.3 Å². The van der Waals surface area contributed by atoms with Gasteiger partial charge in [0.05, 0.1) is 5.69 Å². The Morgan fingerprint density at radius 2 is 2.21 bits per heavy atom. The van der Waals surface area contributed by atoms with Crippen molar-refractivity contribution in [1.82, 2.24) is 9.97 Å². The lowest BCUT2D eigenvalue weighted by atomic mass is 10.1. The highest BCUT2D eigenvalue weighted by Crippen LogP contribution is 2.41. The van der Waals surface area contributed by atoms with E-state index < -0.39 is 5.97 Å². The third kappa shape index (κ3) is 1.06. The zero-order chi connectivity index (χ0) is 9.71. The number of aromatic amines is 1. The van der Waals surface area contributed by atoms with Crippen molar-refractivity contribution in [1.29, 1.82) is 0 Å². The third-order valence-electron chi connectivity index (χ3n) is 3.10. The minimum Gasteiger partial charge on any atom is -0.481 e. The third-order valence-corrected chi connectivity index (χ3v) is 3.10. The lowest BCUT2D eigenvalue weighted by Gasteiger charge is -2.00. The zero-order valence-corrected chi connectivity index (χ0v) is 7.79. The van der Waals surface area contributed by atoms with E-state index in [9.17, 15) is 4.79 Å². The van der Waals surface area contributed by atoms with Gasteiger partial charge >= 0.3 is 5.97 Å². The first-order valence-corrected chi connectivity index (χ1v) is 5.07. The maximum Gasteiger partial charge on any atom is 0.312 e. The predicted octanol–water partition coefficient (Wildman–Crippen LogP) is 1.40. The van der Waals surface area contributed by atoms with Gasteiger partial charge in [-0.2, -0.15) is 0 Å². The van der Waals surface area contributed by atoms with Crippen LogP contribution in [-0.2, 0) is 11.2 Å². The maximum absolute atomic E-state index is 10.9. The number of H-pyrrole nitrogens is 1. The van der Waals surface area contributed by atoms with Crippen molar-refractivity contribution in [2.45, 2.75) is 37.5 Å². The Labute approximate surface area is 81.4 Å². The molecule has 0 aromatic carbocycles. The fourth-order valence-electron chi connectivity index (χ4n) is 2.14. The van der Waals surface area contributed by atoms with Crippen molar-refractivity contribution in [3.05, 3.63) is 17.2 Å². The van der Waals surface area contributed by atoms with Crippen molar-refractivity contribution in [3.8, 4) is 0 Å². The normalized spacial score (nSPS) is 25.0. The molecular formula is C10H12N2O2. The molecule has 14 heavy (non-hydrogen) atoms. The van der Waals surface area contributed by atoms with Gasteiger partial charge in [-0.1, -0.05) is 0 Å². The average Bonchev–Trinajstić information content (AvgIpc) is 2.76. The summed E-state index contributed by atoms with van der Waals surface area (Å²) in [6.45, 7) is 0. The Hall–Kier alpha value is -1.32. The van der Waals surface area contributed by atoms with Crippen LogP contribution in [0, 0.1) is 0 Å². The van der Waals surface area contributed by atoms with Gasteiger partial charge in [0, 0.05) is 11.6 Å². The predicted molar refractivity (Wildman–Crippen MR) is 49.3 cm³/mol. The van der Waals surface area contributed by atoms with E-state index in [1.54, 1.807) is 0 Å². The van der Waals surface area contributed by atoms with Gasteiger partial charge in [-0.25, -0.2) is 4.98 Å². The van der Waals surface area contributed by atoms with E-state index in [1.165, 1.54) is 12.8 Å². The molecule has 0 spiro atoms. The molecule has 0 bridgehead atoms. The van der Waals surface area contributed by atoms with Crippen molar-refractivity contribution in [3.63, 3.8) is 0 Å². The maximum atomic E-state index is 10.9. The first-order chi connectivity index (χ1) is 6.75. The number of aliphatic carboxylic acids is 1. The van der Waals surface area contributed by atoms with Gasteiger partial charge in [0.1, 0.15) is 11.7 Å². The fourth-order valence-corrected chi connectivity index (χ4v) is 2.14. The topological polar surface area (TPSA) is 66.0 Å². The van der Waals surface area contributed by atoms with E-state index in [2.05, 4.69) is 9.97 Å². The van der Waals surface area contributed by atoms with E-state index in [4.69, 9.17) is 5.11 Å². The standard InChI is InChI=1S/C10H12N2O2/c13-10(14)6-3-4-7-8(6)12-9(11-7)5-1-2-5/h5-6H,1-4H2,(H,11,12)(H,13,14). The molecule has 0 aliphatic heterocycles. The van der Waals surface area contributed by atoms with Crippen LogP contribution < -0.4 is 0 Å². The molecule has 1 unspecified atom stereocenters. The van der Waals surface area contributed by atoms with Crippen molar-refractivity contribution < 1.29 is 9.90 Å². The molecular weight excluding hydrogens is 180 g/mol. The highest BCUT2D eigenvalue weighted by atomic mass is 16.4. The molecule has 1 aromatic heterocycles. The Morgan fingerprint density at radius 1 is 1.43 bits per heavy atom. The van der Waals surface area contributed by atoms with Crippen LogP contribution in [0.25, 0.3) is 0 Å². The van der Waals surface area contributed by atoms with E-state index in [1.807, 2.05) is 0 Å². The van der Waals surface area contributed by atoms with Gasteiger partial charge < -0.3 is 10.1 Å². The minimum absolute atomic E-state index is 0.367. The summed E-state index contributed by atoms with van der Waals surface area (Å²) in [5.41, 5.74) is 1.85. The van der Waals surface area contributed by atoms with Gasteiger partial charge in [-0.3, -0.25) is 4.79 Å². The Kier molecular flexibility index (Phi) is 1.48. The number of carbonyl (C=O) groups is 1. The summed E-state index contributed by atoms with van der Waals surface area (Å²) < 4.78 is 0. The molecule has 0 radical (unpaired) electrons. The van der Waals surface area contributed by atoms with E-state index in [-0.39, 0.29) is 5.92 Å². The van der Waals surface area contributed by atoms with Crippen molar-refractivity contribution >= 4 is 5.97 Å². The molecule has 3 rings (SSSR count). The second-order valence-electron chi connectivity index (χ2n) is 4.19. The Balaban J connectivity index is 1.97. The molecule has 4 heteroatoms. The smallest absolute Gasteiger partial charge is 0.312 e. The molecule has 0 saturated heterocycles. The number of hydrogen-bond acceptors (Lipinski definition) is 2. The van der Waals surface area contributed by atoms with Gasteiger partial charge in [0.2, 0.25) is 0 Å². The lowest BCUT2D eigenvalue weighted by Crippen LogP contribution is -2.08. The monoisotopic (exact) mass is 192 g/mol. The number of imidazole rings is 1. The lowest BCUT2D eigenvalue weighted by molar-refractivity contribution is -0.138. The van der Waals surface area contributed by atoms with Crippen LogP contribution in [0.4, 0.5) is 0 Å². The Bertz CT molecular complexity index is 393. The molecule has 4 nitrogen and oxygen atoms in total. The molecule has 2 N–H and O–H groups in total.